The molecule has 0 saturated heterocycles. The van der Waals surface area contributed by atoms with Gasteiger partial charge in [-0.3, -0.25) is 0 Å². The van der Waals surface area contributed by atoms with Crippen LogP contribution < -0.4 is 0 Å². The van der Waals surface area contributed by atoms with E-state index < -0.39 is 5.79 Å². The van der Waals surface area contributed by atoms with Crippen LogP contribution in [0.1, 0.15) is 20.3 Å². The van der Waals surface area contributed by atoms with Crippen molar-refractivity contribution in [3.8, 4) is 6.57 Å². The molecule has 0 aliphatic rings. The maximum Gasteiger partial charge on any atom is 0.138 e. The molecule has 0 N–H and O–H groups in total. The van der Waals surface area contributed by atoms with Crippen LogP contribution in [-0.4, -0.2) is 20.0 Å². The van der Waals surface area contributed by atoms with Crippen LogP contribution >= 0.6 is 0 Å². The van der Waals surface area contributed by atoms with E-state index in [1.807, 2.05) is 20.3 Å². The van der Waals surface area contributed by atoms with Gasteiger partial charge in [0.15, 0.2) is 0 Å². The van der Waals surface area contributed by atoms with Crippen LogP contribution in [0.4, 0.5) is 0 Å². The number of rotatable bonds is 4. The Labute approximate surface area is 100 Å². The van der Waals surface area contributed by atoms with Gasteiger partial charge in [-0.2, -0.15) is 6.92 Å². The molecule has 0 aromatic heterocycles. The van der Waals surface area contributed by atoms with E-state index in [4.69, 9.17) is 14.7 Å². The van der Waals surface area contributed by atoms with Crippen molar-refractivity contribution in [1.82, 2.24) is 0 Å². The third kappa shape index (κ3) is 8.61. The molecule has 0 bridgehead atoms. The minimum Gasteiger partial charge on any atom is -0.356 e. The Morgan fingerprint density at radius 1 is 1.33 bits per heavy atom. The summed E-state index contributed by atoms with van der Waals surface area (Å²) in [5.74, 6) is -0.422. The first-order valence-corrected chi connectivity index (χ1v) is 3.32. The Hall–Kier alpha value is 0.514. The standard InChI is InChI=1S/C7H15O2.CHN.Y/c1-5-6-7(2,8-3)9-4;1-2;/h5H,6H2,1-4H3;1H;/q-1;;. The third-order valence-electron chi connectivity index (χ3n) is 1.44. The predicted molar refractivity (Wildman–Crippen MR) is 43.7 cm³/mol. The van der Waals surface area contributed by atoms with Crippen molar-refractivity contribution in [2.24, 2.45) is 0 Å². The summed E-state index contributed by atoms with van der Waals surface area (Å²) in [5.41, 5.74) is 0. The van der Waals surface area contributed by atoms with Gasteiger partial charge in [-0.25, -0.2) is 5.26 Å². The molecule has 1 radical (unpaired) electrons. The van der Waals surface area contributed by atoms with Crippen molar-refractivity contribution in [3.63, 3.8) is 0 Å². The van der Waals surface area contributed by atoms with Crippen LogP contribution in [0.2, 0.25) is 0 Å². The summed E-state index contributed by atoms with van der Waals surface area (Å²) in [6.07, 6.45) is 2.84. The number of nitrogens with zero attached hydrogens (tertiary/aromatic N) is 1. The van der Waals surface area contributed by atoms with Gasteiger partial charge in [0, 0.05) is 53.5 Å². The molecule has 4 heteroatoms. The van der Waals surface area contributed by atoms with E-state index in [9.17, 15) is 0 Å². The topological polar surface area (TPSA) is 42.2 Å². The molecule has 0 rings (SSSR count). The summed E-state index contributed by atoms with van der Waals surface area (Å²) in [5, 5.41) is 6.50. The van der Waals surface area contributed by atoms with E-state index in [1.54, 1.807) is 14.2 Å². The second kappa shape index (κ2) is 11.5. The second-order valence-corrected chi connectivity index (χ2v) is 2.15. The fraction of sp³-hybridized carbons (Fsp3) is 0.750. The van der Waals surface area contributed by atoms with Crippen molar-refractivity contribution in [3.05, 3.63) is 6.42 Å². The van der Waals surface area contributed by atoms with Crippen LogP contribution in [0.25, 0.3) is 0 Å². The van der Waals surface area contributed by atoms with E-state index >= 15 is 0 Å². The Morgan fingerprint density at radius 2 is 1.67 bits per heavy atom. The summed E-state index contributed by atoms with van der Waals surface area (Å²) in [6, 6.07) is 0. The van der Waals surface area contributed by atoms with Crippen LogP contribution in [0.3, 0.4) is 0 Å². The van der Waals surface area contributed by atoms with Crippen molar-refractivity contribution in [1.29, 1.82) is 5.26 Å². The van der Waals surface area contributed by atoms with Crippen LogP contribution in [-0.2, 0) is 42.2 Å². The summed E-state index contributed by atoms with van der Waals surface area (Å²) in [6.45, 7) is 7.39. The number of hydrogen-bond acceptors (Lipinski definition) is 3. The minimum absolute atomic E-state index is 0. The zero-order valence-electron chi connectivity index (χ0n) is 8.20. The van der Waals surface area contributed by atoms with Gasteiger partial charge >= 0.3 is 0 Å². The van der Waals surface area contributed by atoms with Gasteiger partial charge in [-0.15, -0.1) is 6.42 Å². The Bertz CT molecular complexity index is 102. The molecule has 3 nitrogen and oxygen atoms in total. The van der Waals surface area contributed by atoms with E-state index in [0.29, 0.717) is 0 Å². The molecule has 0 spiro atoms. The molecule has 0 unspecified atom stereocenters. The fourth-order valence-electron chi connectivity index (χ4n) is 0.621. The van der Waals surface area contributed by atoms with Gasteiger partial charge in [0.05, 0.1) is 0 Å². The van der Waals surface area contributed by atoms with Crippen molar-refractivity contribution >= 4 is 0 Å². The van der Waals surface area contributed by atoms with Gasteiger partial charge in [-0.05, 0) is 6.92 Å². The first kappa shape index (κ1) is 18.3. The van der Waals surface area contributed by atoms with Gasteiger partial charge in [-0.1, -0.05) is 0 Å². The summed E-state index contributed by atoms with van der Waals surface area (Å²) in [4.78, 5) is 0. The smallest absolute Gasteiger partial charge is 0.138 e. The monoisotopic (exact) mass is 247 g/mol. The average molecular weight is 247 g/mol. The molecule has 69 valence electrons. The average Bonchev–Trinajstić information content (AvgIpc) is 2.08. The third-order valence-corrected chi connectivity index (χ3v) is 1.44. The van der Waals surface area contributed by atoms with Crippen molar-refractivity contribution < 1.29 is 42.2 Å². The van der Waals surface area contributed by atoms with Crippen molar-refractivity contribution in [2.75, 3.05) is 14.2 Å². The predicted octanol–water partition coefficient (Wildman–Crippen LogP) is 1.75. The molecule has 0 aromatic rings. The Kier molecular flexibility index (Phi) is 17.6. The first-order chi connectivity index (χ1) is 5.18. The first-order valence-electron chi connectivity index (χ1n) is 3.32. The molecule has 0 heterocycles. The van der Waals surface area contributed by atoms with E-state index in [1.165, 1.54) is 0 Å². The summed E-state index contributed by atoms with van der Waals surface area (Å²) >= 11 is 0. The van der Waals surface area contributed by atoms with Gasteiger partial charge in [0.1, 0.15) is 5.79 Å². The van der Waals surface area contributed by atoms with Gasteiger partial charge in [0.2, 0.25) is 0 Å². The van der Waals surface area contributed by atoms with Crippen LogP contribution in [0.5, 0.6) is 0 Å². The number of nitriles is 1. The summed E-state index contributed by atoms with van der Waals surface area (Å²) in [7, 11) is 3.29. The second-order valence-electron chi connectivity index (χ2n) is 2.15. The number of ether oxygens (including phenoxy) is 2. The van der Waals surface area contributed by atoms with Crippen LogP contribution in [0, 0.1) is 18.3 Å². The maximum absolute atomic E-state index is 6.50. The zero-order chi connectivity index (χ0) is 9.33. The zero-order valence-corrected chi connectivity index (χ0v) is 11.0. The Balaban J connectivity index is -0.000000249. The van der Waals surface area contributed by atoms with Gasteiger partial charge < -0.3 is 15.9 Å². The molecule has 0 aromatic carbocycles. The van der Waals surface area contributed by atoms with E-state index in [0.717, 1.165) is 6.42 Å². The molecule has 0 aliphatic heterocycles. The fourth-order valence-corrected chi connectivity index (χ4v) is 0.621. The molecule has 0 aliphatic carbocycles. The molecule has 12 heavy (non-hydrogen) atoms. The quantitative estimate of drug-likeness (QED) is 0.561. The van der Waals surface area contributed by atoms with Crippen molar-refractivity contribution in [2.45, 2.75) is 26.1 Å². The van der Waals surface area contributed by atoms with Crippen LogP contribution in [0.15, 0.2) is 0 Å². The minimum atomic E-state index is -0.422. The number of methoxy groups -OCH3 is 2. The Morgan fingerprint density at radius 3 is 1.75 bits per heavy atom. The molecular weight excluding hydrogens is 231 g/mol. The summed E-state index contributed by atoms with van der Waals surface area (Å²) < 4.78 is 10.1. The van der Waals surface area contributed by atoms with Gasteiger partial charge in [0.25, 0.3) is 0 Å². The number of hydrogen-bond donors (Lipinski definition) is 0. The molecule has 0 saturated carbocycles. The molecule has 0 fully saturated rings. The molecule has 0 amide bonds. The molecular formula is C8H16NO2Y-. The molecule has 0 atom stereocenters. The van der Waals surface area contributed by atoms with E-state index in [-0.39, 0.29) is 32.7 Å². The largest absolute Gasteiger partial charge is 0.356 e. The van der Waals surface area contributed by atoms with E-state index in [2.05, 4.69) is 6.57 Å². The maximum atomic E-state index is 6.50. The SMILES string of the molecule is C#N.C[CH-]CC(C)(OC)OC.[Y]. The normalized spacial score (nSPS) is 9.17.